The van der Waals surface area contributed by atoms with Crippen molar-refractivity contribution in [2.75, 3.05) is 0 Å². The van der Waals surface area contributed by atoms with Crippen LogP contribution < -0.4 is 4.74 Å². The second-order valence-corrected chi connectivity index (χ2v) is 9.32. The predicted molar refractivity (Wildman–Crippen MR) is 109 cm³/mol. The summed E-state index contributed by atoms with van der Waals surface area (Å²) in [5.41, 5.74) is 2.60. The minimum Gasteiger partial charge on any atom is -0.508 e. The van der Waals surface area contributed by atoms with E-state index in [1.165, 1.54) is 0 Å². The van der Waals surface area contributed by atoms with Gasteiger partial charge in [0.15, 0.2) is 0 Å². The fourth-order valence-corrected chi connectivity index (χ4v) is 3.05. The van der Waals surface area contributed by atoms with Crippen molar-refractivity contribution in [1.29, 1.82) is 0 Å². The third-order valence-electron chi connectivity index (χ3n) is 3.81. The Balaban J connectivity index is 2.13. The molecule has 0 aliphatic heterocycles. The second kappa shape index (κ2) is 8.34. The summed E-state index contributed by atoms with van der Waals surface area (Å²) in [5, 5.41) is 18.9. The highest BCUT2D eigenvalue weighted by Crippen LogP contribution is 2.31. The molecule has 7 heteroatoms. The molecule has 0 unspecified atom stereocenters. The van der Waals surface area contributed by atoms with Crippen molar-refractivity contribution in [3.05, 3.63) is 53.1 Å². The maximum Gasteiger partial charge on any atom is 0.322 e. The molecule has 0 saturated heterocycles. The lowest BCUT2D eigenvalue weighted by molar-refractivity contribution is -0.139. The van der Waals surface area contributed by atoms with Crippen molar-refractivity contribution < 1.29 is 19.7 Å². The van der Waals surface area contributed by atoms with E-state index in [1.807, 2.05) is 83.8 Å². The van der Waals surface area contributed by atoms with Crippen molar-refractivity contribution in [3.63, 3.8) is 0 Å². The van der Waals surface area contributed by atoms with Gasteiger partial charge < -0.3 is 14.9 Å². The highest BCUT2D eigenvalue weighted by Gasteiger charge is 2.22. The zero-order valence-corrected chi connectivity index (χ0v) is 17.5. The first kappa shape index (κ1) is 19.3. The fourth-order valence-electron chi connectivity index (χ4n) is 2.18. The molecule has 0 spiro atoms. The predicted octanol–water partition coefficient (Wildman–Crippen LogP) is 4.80. The standard InChI is InChI=1S/C17H17I2NO4/c1-10-11(2)16(8-7-15(10)21)24-13-5-3-12(4-6-13)9-14(17(22)23)20(18)19/h3-8,14,21H,9H2,1-2H3,(H,22,23)/t14-/m0/s1. The molecule has 0 aliphatic rings. The number of carboxylic acid groups (broad SMARTS) is 1. The highest BCUT2D eigenvalue weighted by molar-refractivity contribution is 14.2. The third-order valence-corrected chi connectivity index (χ3v) is 5.15. The van der Waals surface area contributed by atoms with Crippen LogP contribution in [0.2, 0.25) is 0 Å². The van der Waals surface area contributed by atoms with Crippen molar-refractivity contribution in [3.8, 4) is 17.2 Å². The summed E-state index contributed by atoms with van der Waals surface area (Å²) in [6, 6.07) is 10.1. The number of phenols is 1. The van der Waals surface area contributed by atoms with Crippen LogP contribution in [-0.2, 0) is 11.2 Å². The fraction of sp³-hybridized carbons (Fsp3) is 0.235. The molecule has 2 aromatic rings. The van der Waals surface area contributed by atoms with Gasteiger partial charge in [0.05, 0.1) is 0 Å². The zero-order chi connectivity index (χ0) is 17.9. The van der Waals surface area contributed by atoms with Crippen LogP contribution in [0.5, 0.6) is 17.2 Å². The molecule has 1 atom stereocenters. The monoisotopic (exact) mass is 553 g/mol. The average molecular weight is 553 g/mol. The third kappa shape index (κ3) is 4.73. The first-order chi connectivity index (χ1) is 11.3. The molecule has 0 fully saturated rings. The summed E-state index contributed by atoms with van der Waals surface area (Å²) < 4.78 is 7.49. The van der Waals surface area contributed by atoms with E-state index in [4.69, 9.17) is 4.74 Å². The van der Waals surface area contributed by atoms with E-state index < -0.39 is 12.0 Å². The maximum atomic E-state index is 11.3. The number of aliphatic carboxylic acids is 1. The number of ether oxygens (including phenoxy) is 1. The first-order valence-electron chi connectivity index (χ1n) is 7.19. The number of carbonyl (C=O) groups is 1. The van der Waals surface area contributed by atoms with E-state index in [0.717, 1.165) is 16.7 Å². The Bertz CT molecular complexity index is 732. The minimum atomic E-state index is -0.852. The molecule has 24 heavy (non-hydrogen) atoms. The van der Waals surface area contributed by atoms with Gasteiger partial charge in [-0.15, -0.1) is 0 Å². The molecule has 0 bridgehead atoms. The van der Waals surface area contributed by atoms with Gasteiger partial charge in [0.25, 0.3) is 0 Å². The normalized spacial score (nSPS) is 12.2. The van der Waals surface area contributed by atoms with Crippen LogP contribution in [0.1, 0.15) is 16.7 Å². The molecule has 2 aromatic carbocycles. The molecule has 0 radical (unpaired) electrons. The van der Waals surface area contributed by atoms with Crippen molar-refractivity contribution in [2.45, 2.75) is 26.3 Å². The van der Waals surface area contributed by atoms with E-state index in [1.54, 1.807) is 13.5 Å². The Morgan fingerprint density at radius 1 is 1.12 bits per heavy atom. The Hall–Kier alpha value is -1.07. The van der Waals surface area contributed by atoms with Crippen LogP contribution in [0.25, 0.3) is 0 Å². The number of halogens is 2. The minimum absolute atomic E-state index is 0.247. The smallest absolute Gasteiger partial charge is 0.322 e. The molecule has 2 rings (SSSR count). The van der Waals surface area contributed by atoms with E-state index in [2.05, 4.69) is 0 Å². The van der Waals surface area contributed by atoms with Gasteiger partial charge in [-0.1, -0.05) is 12.1 Å². The van der Waals surface area contributed by atoms with Crippen LogP contribution >= 0.6 is 45.7 Å². The van der Waals surface area contributed by atoms with Crippen molar-refractivity contribution >= 4 is 51.7 Å². The van der Waals surface area contributed by atoms with Crippen LogP contribution in [0.3, 0.4) is 0 Å². The van der Waals surface area contributed by atoms with Crippen molar-refractivity contribution in [2.24, 2.45) is 0 Å². The van der Waals surface area contributed by atoms with E-state index in [9.17, 15) is 15.0 Å². The van der Waals surface area contributed by atoms with Gasteiger partial charge in [0, 0.05) is 52.1 Å². The number of phenolic OH excluding ortho intramolecular Hbond substituents is 1. The summed E-state index contributed by atoms with van der Waals surface area (Å²) in [6.07, 6.45) is 0.416. The van der Waals surface area contributed by atoms with Crippen LogP contribution in [0, 0.1) is 13.8 Å². The van der Waals surface area contributed by atoms with Gasteiger partial charge in [-0.3, -0.25) is 4.79 Å². The van der Waals surface area contributed by atoms with Crippen LogP contribution in [0.15, 0.2) is 36.4 Å². The molecule has 0 aromatic heterocycles. The molecule has 0 amide bonds. The first-order valence-corrected chi connectivity index (χ1v) is 9.12. The summed E-state index contributed by atoms with van der Waals surface area (Å²) >= 11 is 3.94. The summed E-state index contributed by atoms with van der Waals surface area (Å²) in [7, 11) is 0. The Morgan fingerprint density at radius 3 is 2.29 bits per heavy atom. The number of aromatic hydroxyl groups is 1. The molecular weight excluding hydrogens is 536 g/mol. The number of nitrogens with zero attached hydrogens (tertiary/aromatic N) is 1. The molecular formula is C17H17I2NO4. The zero-order valence-electron chi connectivity index (χ0n) is 13.2. The van der Waals surface area contributed by atoms with E-state index >= 15 is 0 Å². The lowest BCUT2D eigenvalue weighted by atomic mass is 10.1. The Labute approximate surface area is 168 Å². The SMILES string of the molecule is Cc1c(O)ccc(Oc2ccc(C[C@@H](C(=O)O)N(I)I)cc2)c1C. The largest absolute Gasteiger partial charge is 0.508 e. The number of benzene rings is 2. The molecule has 0 aliphatic carbocycles. The van der Waals surface area contributed by atoms with Gasteiger partial charge in [-0.25, -0.2) is 0 Å². The molecule has 0 saturated carbocycles. The Morgan fingerprint density at radius 2 is 1.75 bits per heavy atom. The van der Waals surface area contributed by atoms with Gasteiger partial charge in [-0.05, 0) is 54.8 Å². The summed E-state index contributed by atoms with van der Waals surface area (Å²) in [4.78, 5) is 11.3. The van der Waals surface area contributed by atoms with Gasteiger partial charge in [0.1, 0.15) is 23.3 Å². The summed E-state index contributed by atoms with van der Waals surface area (Å²) in [5.74, 6) is 0.748. The molecule has 0 heterocycles. The topological polar surface area (TPSA) is 70.0 Å². The van der Waals surface area contributed by atoms with Gasteiger partial charge in [0.2, 0.25) is 0 Å². The van der Waals surface area contributed by atoms with Crippen LogP contribution in [0.4, 0.5) is 0 Å². The number of hydrogen-bond acceptors (Lipinski definition) is 4. The average Bonchev–Trinajstić information content (AvgIpc) is 2.54. The number of carboxylic acids is 1. The molecule has 5 nitrogen and oxygen atoms in total. The van der Waals surface area contributed by atoms with Crippen LogP contribution in [-0.4, -0.2) is 23.6 Å². The molecule has 2 N–H and O–H groups in total. The number of hydrogen-bond donors (Lipinski definition) is 2. The van der Waals surface area contributed by atoms with E-state index in [0.29, 0.717) is 17.9 Å². The Kier molecular flexibility index (Phi) is 6.70. The quantitative estimate of drug-likeness (QED) is 0.398. The van der Waals surface area contributed by atoms with Gasteiger partial charge >= 0.3 is 5.97 Å². The number of rotatable bonds is 6. The maximum absolute atomic E-state index is 11.3. The van der Waals surface area contributed by atoms with E-state index in [-0.39, 0.29) is 5.75 Å². The summed E-state index contributed by atoms with van der Waals surface area (Å²) in [6.45, 7) is 3.73. The van der Waals surface area contributed by atoms with Gasteiger partial charge in [-0.2, -0.15) is 1.33 Å². The molecule has 128 valence electrons. The lowest BCUT2D eigenvalue weighted by Crippen LogP contribution is -2.30. The second-order valence-electron chi connectivity index (χ2n) is 5.40. The highest BCUT2D eigenvalue weighted by atomic mass is 127. The lowest BCUT2D eigenvalue weighted by Gasteiger charge is -2.16. The van der Waals surface area contributed by atoms with Crippen molar-refractivity contribution in [1.82, 2.24) is 1.33 Å².